The van der Waals surface area contributed by atoms with E-state index in [4.69, 9.17) is 5.73 Å². The van der Waals surface area contributed by atoms with E-state index in [0.29, 0.717) is 6.54 Å². The van der Waals surface area contributed by atoms with Gasteiger partial charge in [-0.2, -0.15) is 0 Å². The molecule has 1 aromatic rings. The Hall–Kier alpha value is -0.860. The first-order valence-corrected chi connectivity index (χ1v) is 7.09. The molecular formula is C17H30N2. The van der Waals surface area contributed by atoms with Crippen LogP contribution < -0.4 is 5.73 Å². The van der Waals surface area contributed by atoms with Gasteiger partial charge in [-0.05, 0) is 49.9 Å². The highest BCUT2D eigenvalue weighted by Crippen LogP contribution is 2.25. The van der Waals surface area contributed by atoms with Crippen molar-refractivity contribution in [2.75, 3.05) is 13.6 Å². The molecule has 2 nitrogen and oxygen atoms in total. The predicted molar refractivity (Wildman–Crippen MR) is 84.5 cm³/mol. The molecule has 0 aromatic heterocycles. The van der Waals surface area contributed by atoms with Crippen molar-refractivity contribution >= 4 is 0 Å². The van der Waals surface area contributed by atoms with Crippen LogP contribution in [-0.4, -0.2) is 24.0 Å². The lowest BCUT2D eigenvalue weighted by molar-refractivity contribution is 0.155. The van der Waals surface area contributed by atoms with E-state index in [9.17, 15) is 0 Å². The molecule has 0 saturated heterocycles. The van der Waals surface area contributed by atoms with Crippen LogP contribution in [0.15, 0.2) is 18.2 Å². The molecule has 19 heavy (non-hydrogen) atoms. The number of rotatable bonds is 4. The lowest BCUT2D eigenvalue weighted by Crippen LogP contribution is -2.46. The largest absolute Gasteiger partial charge is 0.329 e. The fraction of sp³-hybridized carbons (Fsp3) is 0.647. The second-order valence-electron chi connectivity index (χ2n) is 7.26. The van der Waals surface area contributed by atoms with Gasteiger partial charge in [0.1, 0.15) is 0 Å². The van der Waals surface area contributed by atoms with Crippen LogP contribution in [0.4, 0.5) is 0 Å². The maximum atomic E-state index is 5.84. The first kappa shape index (κ1) is 16.2. The summed E-state index contributed by atoms with van der Waals surface area (Å²) >= 11 is 0. The van der Waals surface area contributed by atoms with E-state index in [-0.39, 0.29) is 11.0 Å². The molecule has 0 atom stereocenters. The summed E-state index contributed by atoms with van der Waals surface area (Å²) in [7, 11) is 2.14. The summed E-state index contributed by atoms with van der Waals surface area (Å²) in [5.74, 6) is 0. The van der Waals surface area contributed by atoms with Gasteiger partial charge in [0.05, 0.1) is 0 Å². The monoisotopic (exact) mass is 262 g/mol. The summed E-state index contributed by atoms with van der Waals surface area (Å²) in [6, 6.07) is 6.84. The molecule has 0 amide bonds. The van der Waals surface area contributed by atoms with Gasteiger partial charge in [-0.15, -0.1) is 0 Å². The average Bonchev–Trinajstić information content (AvgIpc) is 2.30. The normalized spacial score (nSPS) is 13.1. The van der Waals surface area contributed by atoms with Crippen molar-refractivity contribution in [2.24, 2.45) is 5.73 Å². The van der Waals surface area contributed by atoms with Crippen molar-refractivity contribution in [1.29, 1.82) is 0 Å². The molecule has 0 spiro atoms. The Balaban J connectivity index is 2.93. The Kier molecular flexibility index (Phi) is 4.81. The van der Waals surface area contributed by atoms with Gasteiger partial charge in [0.2, 0.25) is 0 Å². The Labute approximate surface area is 119 Å². The van der Waals surface area contributed by atoms with E-state index in [1.54, 1.807) is 0 Å². The topological polar surface area (TPSA) is 29.3 Å². The minimum absolute atomic E-state index is 0.0368. The minimum Gasteiger partial charge on any atom is -0.329 e. The van der Waals surface area contributed by atoms with Crippen LogP contribution in [0.1, 0.15) is 51.3 Å². The summed E-state index contributed by atoms with van der Waals surface area (Å²) in [5.41, 5.74) is 10.2. The Morgan fingerprint density at radius 2 is 1.68 bits per heavy atom. The van der Waals surface area contributed by atoms with Gasteiger partial charge in [0.15, 0.2) is 0 Å². The molecule has 0 fully saturated rings. The summed E-state index contributed by atoms with van der Waals surface area (Å²) in [4.78, 5) is 2.33. The average molecular weight is 262 g/mol. The van der Waals surface area contributed by atoms with Crippen molar-refractivity contribution in [3.8, 4) is 0 Å². The molecule has 0 saturated carbocycles. The van der Waals surface area contributed by atoms with Crippen molar-refractivity contribution in [2.45, 2.75) is 59.0 Å². The van der Waals surface area contributed by atoms with Gasteiger partial charge < -0.3 is 5.73 Å². The minimum atomic E-state index is 0.0368. The number of likely N-dealkylation sites (N-methyl/N-ethyl adjacent to an activating group) is 1. The van der Waals surface area contributed by atoms with Crippen LogP contribution >= 0.6 is 0 Å². The number of benzene rings is 1. The summed E-state index contributed by atoms with van der Waals surface area (Å²) in [6.07, 6.45) is 0. The van der Waals surface area contributed by atoms with E-state index in [0.717, 1.165) is 6.54 Å². The van der Waals surface area contributed by atoms with E-state index in [1.807, 2.05) is 0 Å². The molecule has 0 heterocycles. The smallest absolute Gasteiger partial charge is 0.0275 e. The van der Waals surface area contributed by atoms with Crippen molar-refractivity contribution in [1.82, 2.24) is 4.90 Å². The second kappa shape index (κ2) is 5.64. The summed E-state index contributed by atoms with van der Waals surface area (Å²) in [5, 5.41) is 0. The maximum absolute atomic E-state index is 5.84. The Morgan fingerprint density at radius 1 is 1.11 bits per heavy atom. The summed E-state index contributed by atoms with van der Waals surface area (Å²) < 4.78 is 0. The molecule has 2 heteroatoms. The SMILES string of the molecule is Cc1cc(C(C)(C)C)ccc1CN(C)C(C)(C)CN. The van der Waals surface area contributed by atoms with Gasteiger partial charge in [-0.25, -0.2) is 0 Å². The molecule has 2 N–H and O–H groups in total. The Morgan fingerprint density at radius 3 is 2.11 bits per heavy atom. The van der Waals surface area contributed by atoms with E-state index < -0.39 is 0 Å². The lowest BCUT2D eigenvalue weighted by atomic mass is 9.85. The molecular weight excluding hydrogens is 232 g/mol. The molecule has 0 aliphatic heterocycles. The molecule has 0 aliphatic carbocycles. The van der Waals surface area contributed by atoms with E-state index >= 15 is 0 Å². The molecule has 108 valence electrons. The molecule has 0 bridgehead atoms. The highest BCUT2D eigenvalue weighted by molar-refractivity contribution is 5.34. The maximum Gasteiger partial charge on any atom is 0.0275 e. The van der Waals surface area contributed by atoms with Crippen LogP contribution in [0.25, 0.3) is 0 Å². The molecule has 1 rings (SSSR count). The third-order valence-electron chi connectivity index (χ3n) is 4.15. The molecule has 0 radical (unpaired) electrons. The lowest BCUT2D eigenvalue weighted by Gasteiger charge is -2.35. The zero-order valence-electron chi connectivity index (χ0n) is 13.7. The van der Waals surface area contributed by atoms with Crippen LogP contribution in [0.3, 0.4) is 0 Å². The third kappa shape index (κ3) is 4.05. The van der Waals surface area contributed by atoms with Crippen LogP contribution in [-0.2, 0) is 12.0 Å². The first-order valence-electron chi connectivity index (χ1n) is 7.09. The quantitative estimate of drug-likeness (QED) is 0.900. The predicted octanol–water partition coefficient (Wildman–Crippen LogP) is 3.46. The Bertz CT molecular complexity index is 427. The van der Waals surface area contributed by atoms with Crippen molar-refractivity contribution in [3.05, 3.63) is 34.9 Å². The molecule has 1 aromatic carbocycles. The number of hydrogen-bond donors (Lipinski definition) is 1. The van der Waals surface area contributed by atoms with Crippen LogP contribution in [0, 0.1) is 6.92 Å². The van der Waals surface area contributed by atoms with Gasteiger partial charge in [-0.1, -0.05) is 39.0 Å². The number of nitrogens with zero attached hydrogens (tertiary/aromatic N) is 1. The third-order valence-corrected chi connectivity index (χ3v) is 4.15. The highest BCUT2D eigenvalue weighted by atomic mass is 15.2. The molecule has 0 aliphatic rings. The fourth-order valence-corrected chi connectivity index (χ4v) is 1.97. The first-order chi connectivity index (χ1) is 8.58. The van der Waals surface area contributed by atoms with E-state index in [2.05, 4.69) is 71.7 Å². The zero-order valence-corrected chi connectivity index (χ0v) is 13.7. The number of nitrogens with two attached hydrogens (primary N) is 1. The zero-order chi connectivity index (χ0) is 14.8. The highest BCUT2D eigenvalue weighted by Gasteiger charge is 2.22. The van der Waals surface area contributed by atoms with E-state index in [1.165, 1.54) is 16.7 Å². The number of hydrogen-bond acceptors (Lipinski definition) is 2. The van der Waals surface area contributed by atoms with Gasteiger partial charge in [0.25, 0.3) is 0 Å². The number of aryl methyl sites for hydroxylation is 1. The fourth-order valence-electron chi connectivity index (χ4n) is 1.97. The van der Waals surface area contributed by atoms with Crippen LogP contribution in [0.5, 0.6) is 0 Å². The molecule has 0 unspecified atom stereocenters. The van der Waals surface area contributed by atoms with Crippen LogP contribution in [0.2, 0.25) is 0 Å². The van der Waals surface area contributed by atoms with Crippen molar-refractivity contribution < 1.29 is 0 Å². The second-order valence-corrected chi connectivity index (χ2v) is 7.26. The van der Waals surface area contributed by atoms with Crippen molar-refractivity contribution in [3.63, 3.8) is 0 Å². The standard InChI is InChI=1S/C17H30N2/c1-13-10-15(16(2,3)4)9-8-14(13)11-19(7)17(5,6)12-18/h8-10H,11-12,18H2,1-7H3. The van der Waals surface area contributed by atoms with Gasteiger partial charge in [0, 0.05) is 18.6 Å². The van der Waals surface area contributed by atoms with Gasteiger partial charge in [-0.3, -0.25) is 4.90 Å². The van der Waals surface area contributed by atoms with Gasteiger partial charge >= 0.3 is 0 Å². The summed E-state index contributed by atoms with van der Waals surface area (Å²) in [6.45, 7) is 15.0.